The molecule has 1 radical (unpaired) electrons. The summed E-state index contributed by atoms with van der Waals surface area (Å²) in [6.07, 6.45) is 12.5. The van der Waals surface area contributed by atoms with Crippen molar-refractivity contribution in [3.05, 3.63) is 30.5 Å². The van der Waals surface area contributed by atoms with Gasteiger partial charge in [0, 0.05) is 41.0 Å². The molecule has 4 atom stereocenters. The maximum atomic E-state index is 13.7. The number of nitrogens with one attached hydrogen (secondary N) is 2. The standard InChI is InChI=1S/C28H40FN4O2.Co/c1-2-19(9-6-10-22(30)18-29)28(35)33-16-14-24(20-7-4-3-5-8-20)26(33)27(34)32-23-11-12-25-21(17-23)13-15-31-25;/h11-13,17,19-20,22,24,26,31H,2-10,14,16,18,30H2,1H3,(H,32,34);/q-1;/t19-,22+,24+,26+;/m1./s1. The second kappa shape index (κ2) is 13.6. The maximum Gasteiger partial charge on any atom is 0.247 e. The first-order valence-corrected chi connectivity index (χ1v) is 13.4. The van der Waals surface area contributed by atoms with Gasteiger partial charge in [0.25, 0.3) is 0 Å². The van der Waals surface area contributed by atoms with E-state index >= 15 is 0 Å². The summed E-state index contributed by atoms with van der Waals surface area (Å²) >= 11 is 0. The van der Waals surface area contributed by atoms with Crippen molar-refractivity contribution in [2.45, 2.75) is 83.2 Å². The minimum Gasteiger partial charge on any atom is -0.477 e. The number of anilines is 1. The van der Waals surface area contributed by atoms with Gasteiger partial charge in [-0.25, -0.2) is 4.39 Å². The topological polar surface area (TPSA) is 91.2 Å². The summed E-state index contributed by atoms with van der Waals surface area (Å²) < 4.78 is 12.8. The molecule has 4 N–H and O–H groups in total. The van der Waals surface area contributed by atoms with Crippen molar-refractivity contribution in [1.29, 1.82) is 0 Å². The zero-order valence-electron chi connectivity index (χ0n) is 21.2. The normalized spacial score (nSPS) is 22.2. The van der Waals surface area contributed by atoms with Gasteiger partial charge in [0.1, 0.15) is 12.7 Å². The van der Waals surface area contributed by atoms with E-state index < -0.39 is 18.8 Å². The molecule has 0 unspecified atom stereocenters. The SMILES string of the molecule is CC[C@H](CCC[C@H](N)CF)C(=O)N1CC[C@@H](C2CCCCC2)[C@H]1C(=O)Nc1ccc2[nH][c-]cc2c1.[Co]. The van der Waals surface area contributed by atoms with Crippen molar-refractivity contribution in [2.24, 2.45) is 23.5 Å². The molecule has 1 aromatic carbocycles. The van der Waals surface area contributed by atoms with Gasteiger partial charge in [-0.15, -0.1) is 17.8 Å². The molecule has 0 bridgehead atoms. The van der Waals surface area contributed by atoms with E-state index in [0.29, 0.717) is 31.7 Å². The number of carbonyl (C=O) groups is 2. The van der Waals surface area contributed by atoms with E-state index in [1.165, 1.54) is 19.3 Å². The fourth-order valence-electron chi connectivity index (χ4n) is 6.18. The van der Waals surface area contributed by atoms with E-state index in [9.17, 15) is 14.0 Å². The van der Waals surface area contributed by atoms with Gasteiger partial charge in [0.15, 0.2) is 0 Å². The van der Waals surface area contributed by atoms with E-state index in [1.807, 2.05) is 36.1 Å². The Labute approximate surface area is 224 Å². The Morgan fingerprint density at radius 1 is 1.22 bits per heavy atom. The van der Waals surface area contributed by atoms with Crippen LogP contribution in [-0.4, -0.2) is 47.0 Å². The van der Waals surface area contributed by atoms with E-state index in [4.69, 9.17) is 5.73 Å². The minimum atomic E-state index is -0.533. The summed E-state index contributed by atoms with van der Waals surface area (Å²) in [7, 11) is 0. The molecule has 1 aromatic heterocycles. The van der Waals surface area contributed by atoms with Crippen LogP contribution in [0, 0.1) is 24.0 Å². The summed E-state index contributed by atoms with van der Waals surface area (Å²) in [5.74, 6) is 0.506. The largest absolute Gasteiger partial charge is 0.477 e. The quantitative estimate of drug-likeness (QED) is 0.361. The molecule has 1 saturated heterocycles. The van der Waals surface area contributed by atoms with Crippen molar-refractivity contribution in [2.75, 3.05) is 18.5 Å². The van der Waals surface area contributed by atoms with Gasteiger partial charge < -0.3 is 20.9 Å². The number of alkyl halides is 1. The maximum absolute atomic E-state index is 13.7. The predicted molar refractivity (Wildman–Crippen MR) is 138 cm³/mol. The summed E-state index contributed by atoms with van der Waals surface area (Å²) in [5, 5.41) is 4.11. The molecule has 2 aliphatic rings. The number of hydrogen-bond acceptors (Lipinski definition) is 3. The van der Waals surface area contributed by atoms with E-state index in [0.717, 1.165) is 42.3 Å². The number of nitrogens with zero attached hydrogens (tertiary/aromatic N) is 1. The number of aromatic nitrogens is 1. The Hall–Kier alpha value is -1.90. The van der Waals surface area contributed by atoms with E-state index in [1.54, 1.807) is 0 Å². The van der Waals surface area contributed by atoms with Crippen LogP contribution >= 0.6 is 0 Å². The molecule has 201 valence electrons. The molecule has 2 amide bonds. The Morgan fingerprint density at radius 3 is 2.72 bits per heavy atom. The molecule has 1 saturated carbocycles. The van der Waals surface area contributed by atoms with Crippen molar-refractivity contribution in [3.63, 3.8) is 0 Å². The van der Waals surface area contributed by atoms with Gasteiger partial charge in [0.05, 0.1) is 0 Å². The number of benzene rings is 1. The van der Waals surface area contributed by atoms with Crippen molar-refractivity contribution in [1.82, 2.24) is 9.88 Å². The zero-order chi connectivity index (χ0) is 24.8. The fourth-order valence-corrected chi connectivity index (χ4v) is 6.18. The molecule has 2 aromatic rings. The first-order valence-electron chi connectivity index (χ1n) is 13.4. The van der Waals surface area contributed by atoms with Crippen LogP contribution in [0.25, 0.3) is 10.9 Å². The van der Waals surface area contributed by atoms with Crippen LogP contribution in [0.4, 0.5) is 10.1 Å². The van der Waals surface area contributed by atoms with Crippen LogP contribution in [0.1, 0.15) is 71.1 Å². The third-order valence-corrected chi connectivity index (χ3v) is 8.17. The van der Waals surface area contributed by atoms with Gasteiger partial charge >= 0.3 is 0 Å². The minimum absolute atomic E-state index is 0. The van der Waals surface area contributed by atoms with E-state index in [-0.39, 0.29) is 40.4 Å². The van der Waals surface area contributed by atoms with Gasteiger partial charge in [-0.2, -0.15) is 11.5 Å². The third-order valence-electron chi connectivity index (χ3n) is 8.17. The molecule has 4 rings (SSSR count). The number of likely N-dealkylation sites (tertiary alicyclic amines) is 1. The number of hydrogen-bond donors (Lipinski definition) is 3. The molecule has 36 heavy (non-hydrogen) atoms. The second-order valence-electron chi connectivity index (χ2n) is 10.5. The van der Waals surface area contributed by atoms with Crippen molar-refractivity contribution >= 4 is 28.4 Å². The number of nitrogens with two attached hydrogens (primary N) is 1. The first-order chi connectivity index (χ1) is 17.0. The summed E-state index contributed by atoms with van der Waals surface area (Å²) in [5.41, 5.74) is 7.45. The fraction of sp³-hybridized carbons (Fsp3) is 0.643. The monoisotopic (exact) mass is 542 g/mol. The van der Waals surface area contributed by atoms with Crippen LogP contribution in [0.3, 0.4) is 0 Å². The second-order valence-corrected chi connectivity index (χ2v) is 10.5. The molecule has 1 aliphatic carbocycles. The Balaban J connectivity index is 0.00000361. The Bertz CT molecular complexity index is 993. The summed E-state index contributed by atoms with van der Waals surface area (Å²) in [4.78, 5) is 32.3. The van der Waals surface area contributed by atoms with E-state index in [2.05, 4.69) is 16.5 Å². The van der Waals surface area contributed by atoms with Crippen LogP contribution < -0.4 is 11.1 Å². The molecule has 6 nitrogen and oxygen atoms in total. The van der Waals surface area contributed by atoms with Gasteiger partial charge in [0.2, 0.25) is 11.8 Å². The predicted octanol–water partition coefficient (Wildman–Crippen LogP) is 5.19. The Kier molecular flexibility index (Phi) is 10.8. The number of fused-ring (bicyclic) bond motifs is 1. The molecule has 0 spiro atoms. The number of carbonyl (C=O) groups excluding carboxylic acids is 2. The summed E-state index contributed by atoms with van der Waals surface area (Å²) in [6, 6.07) is 6.73. The molecule has 1 aliphatic heterocycles. The number of halogens is 1. The molecular formula is C28H40CoFN4O2-. The first kappa shape index (κ1) is 28.7. The van der Waals surface area contributed by atoms with Crippen molar-refractivity contribution < 1.29 is 30.8 Å². The average Bonchev–Trinajstić information content (AvgIpc) is 3.53. The molecule has 2 heterocycles. The number of H-pyrrole nitrogens is 1. The average molecular weight is 543 g/mol. The van der Waals surface area contributed by atoms with Gasteiger partial charge in [-0.1, -0.05) is 57.6 Å². The van der Waals surface area contributed by atoms with Crippen LogP contribution in [0.5, 0.6) is 0 Å². The third kappa shape index (κ3) is 6.69. The van der Waals surface area contributed by atoms with Crippen LogP contribution in [0.15, 0.2) is 24.3 Å². The molecular weight excluding hydrogens is 502 g/mol. The smallest absolute Gasteiger partial charge is 0.247 e. The zero-order valence-corrected chi connectivity index (χ0v) is 22.3. The molecule has 8 heteroatoms. The van der Waals surface area contributed by atoms with Crippen molar-refractivity contribution in [3.8, 4) is 0 Å². The van der Waals surface area contributed by atoms with Gasteiger partial charge in [-0.3, -0.25) is 9.59 Å². The van der Waals surface area contributed by atoms with Crippen LogP contribution in [-0.2, 0) is 26.4 Å². The number of aromatic amines is 1. The molecule has 2 fully saturated rings. The summed E-state index contributed by atoms with van der Waals surface area (Å²) in [6.45, 7) is 2.11. The Morgan fingerprint density at radius 2 is 2.00 bits per heavy atom. The number of rotatable bonds is 10. The number of amides is 2. The van der Waals surface area contributed by atoms with Crippen LogP contribution in [0.2, 0.25) is 0 Å². The van der Waals surface area contributed by atoms with Gasteiger partial charge in [-0.05, 0) is 37.5 Å².